The van der Waals surface area contributed by atoms with Gasteiger partial charge in [-0.05, 0) is 120 Å². The van der Waals surface area contributed by atoms with E-state index in [1.54, 1.807) is 0 Å². The SMILES string of the molecule is C=C/C=C\C(C)C(/C=C(\C(=C)c1ccc(CN=C/C=C\C=C(/C)N)cc1)c1ccccc1)=C(/C)C1=CC=C(C(C)N(C)c2ccccc2C)C1. The normalized spacial score (nSPS) is 15.6. The molecule has 1 aliphatic rings. The maximum Gasteiger partial charge on any atom is 0.0639 e. The lowest BCUT2D eigenvalue weighted by Crippen LogP contribution is -2.30. The quantitative estimate of drug-likeness (QED) is 0.130. The number of anilines is 1. The van der Waals surface area contributed by atoms with Crippen LogP contribution >= 0.6 is 0 Å². The van der Waals surface area contributed by atoms with Crippen LogP contribution in [-0.2, 0) is 6.54 Å². The van der Waals surface area contributed by atoms with Gasteiger partial charge in [0.1, 0.15) is 0 Å². The number of aryl methyl sites for hydroxylation is 1. The van der Waals surface area contributed by atoms with Crippen molar-refractivity contribution in [1.29, 1.82) is 0 Å². The third kappa shape index (κ3) is 10.1. The first-order chi connectivity index (χ1) is 24.1. The molecular weight excluding hydrogens is 607 g/mol. The summed E-state index contributed by atoms with van der Waals surface area (Å²) in [5.41, 5.74) is 19.8. The minimum atomic E-state index is 0.162. The van der Waals surface area contributed by atoms with Crippen molar-refractivity contribution in [2.45, 2.75) is 53.6 Å². The van der Waals surface area contributed by atoms with E-state index in [4.69, 9.17) is 5.73 Å². The Kier molecular flexibility index (Phi) is 13.8. The van der Waals surface area contributed by atoms with Crippen LogP contribution in [0.1, 0.15) is 56.4 Å². The highest BCUT2D eigenvalue weighted by molar-refractivity contribution is 6.04. The minimum absolute atomic E-state index is 0.162. The maximum absolute atomic E-state index is 5.68. The smallest absolute Gasteiger partial charge is 0.0639 e. The molecule has 0 fully saturated rings. The van der Waals surface area contributed by atoms with E-state index in [1.165, 1.54) is 33.5 Å². The van der Waals surface area contributed by atoms with Gasteiger partial charge in [0.05, 0.1) is 6.54 Å². The van der Waals surface area contributed by atoms with Crippen molar-refractivity contribution in [3.05, 3.63) is 197 Å². The van der Waals surface area contributed by atoms with Gasteiger partial charge in [0.15, 0.2) is 0 Å². The number of nitrogens with zero attached hydrogens (tertiary/aromatic N) is 2. The fourth-order valence-corrected chi connectivity index (χ4v) is 6.18. The lowest BCUT2D eigenvalue weighted by molar-refractivity contribution is 0.758. The Hall–Kier alpha value is -5.41. The number of rotatable bonds is 15. The van der Waals surface area contributed by atoms with E-state index in [1.807, 2.05) is 43.5 Å². The monoisotopic (exact) mass is 659 g/mol. The van der Waals surface area contributed by atoms with Gasteiger partial charge in [-0.3, -0.25) is 4.99 Å². The largest absolute Gasteiger partial charge is 0.402 e. The molecule has 50 heavy (non-hydrogen) atoms. The Morgan fingerprint density at radius 2 is 1.60 bits per heavy atom. The summed E-state index contributed by atoms with van der Waals surface area (Å²) in [5.74, 6) is 0.162. The number of hydrogen-bond acceptors (Lipinski definition) is 3. The summed E-state index contributed by atoms with van der Waals surface area (Å²) in [6.07, 6.45) is 21.5. The van der Waals surface area contributed by atoms with E-state index in [0.717, 1.165) is 40.0 Å². The molecule has 1 aliphatic carbocycles. The van der Waals surface area contributed by atoms with Crippen LogP contribution in [0.15, 0.2) is 180 Å². The van der Waals surface area contributed by atoms with Crippen molar-refractivity contribution in [3.8, 4) is 0 Å². The number of para-hydroxylation sites is 1. The molecule has 2 N–H and O–H groups in total. The summed E-state index contributed by atoms with van der Waals surface area (Å²) >= 11 is 0. The van der Waals surface area contributed by atoms with E-state index in [-0.39, 0.29) is 12.0 Å². The molecule has 3 heteroatoms. The zero-order valence-corrected chi connectivity index (χ0v) is 30.7. The number of benzene rings is 3. The van der Waals surface area contributed by atoms with Crippen LogP contribution in [0.3, 0.4) is 0 Å². The molecule has 0 heterocycles. The minimum Gasteiger partial charge on any atom is -0.402 e. The van der Waals surface area contributed by atoms with Crippen LogP contribution in [-0.4, -0.2) is 19.3 Å². The molecular formula is C47H53N3. The molecule has 4 rings (SSSR count). The molecule has 2 unspecified atom stereocenters. The van der Waals surface area contributed by atoms with Gasteiger partial charge in [-0.15, -0.1) is 0 Å². The predicted molar refractivity (Wildman–Crippen MR) is 220 cm³/mol. The number of likely N-dealkylation sites (N-methyl/N-ethyl adjacent to an activating group) is 1. The second-order valence-corrected chi connectivity index (χ2v) is 13.1. The van der Waals surface area contributed by atoms with Gasteiger partial charge in [-0.25, -0.2) is 0 Å². The Morgan fingerprint density at radius 3 is 2.28 bits per heavy atom. The topological polar surface area (TPSA) is 41.6 Å². The van der Waals surface area contributed by atoms with Crippen LogP contribution < -0.4 is 10.6 Å². The Bertz CT molecular complexity index is 1880. The first kappa shape index (κ1) is 37.4. The third-order valence-electron chi connectivity index (χ3n) is 9.40. The highest BCUT2D eigenvalue weighted by Gasteiger charge is 2.22. The van der Waals surface area contributed by atoms with Gasteiger partial charge < -0.3 is 10.6 Å². The number of hydrogen-bond donors (Lipinski definition) is 1. The summed E-state index contributed by atoms with van der Waals surface area (Å²) in [4.78, 5) is 6.92. The Labute approximate surface area is 301 Å². The fourth-order valence-electron chi connectivity index (χ4n) is 6.18. The molecule has 3 nitrogen and oxygen atoms in total. The second-order valence-electron chi connectivity index (χ2n) is 13.1. The Balaban J connectivity index is 1.66. The predicted octanol–water partition coefficient (Wildman–Crippen LogP) is 11.6. The molecule has 0 aliphatic heterocycles. The molecule has 0 radical (unpaired) electrons. The summed E-state index contributed by atoms with van der Waals surface area (Å²) in [7, 11) is 2.20. The maximum atomic E-state index is 5.68. The summed E-state index contributed by atoms with van der Waals surface area (Å²) in [6.45, 7) is 20.1. The van der Waals surface area contributed by atoms with E-state index < -0.39 is 0 Å². The first-order valence-corrected chi connectivity index (χ1v) is 17.4. The highest BCUT2D eigenvalue weighted by atomic mass is 15.1. The molecule has 3 aromatic rings. The average molecular weight is 660 g/mol. The van der Waals surface area contributed by atoms with E-state index >= 15 is 0 Å². The molecule has 0 spiro atoms. The van der Waals surface area contributed by atoms with Gasteiger partial charge >= 0.3 is 0 Å². The second kappa shape index (κ2) is 18.4. The number of aliphatic imine (C=N–C) groups is 1. The third-order valence-corrected chi connectivity index (χ3v) is 9.40. The molecule has 256 valence electrons. The van der Waals surface area contributed by atoms with Gasteiger partial charge in [0.25, 0.3) is 0 Å². The van der Waals surface area contributed by atoms with Crippen LogP contribution in [0.4, 0.5) is 5.69 Å². The van der Waals surface area contributed by atoms with Crippen molar-refractivity contribution < 1.29 is 0 Å². The molecule has 0 amide bonds. The van der Waals surface area contributed by atoms with Crippen LogP contribution in [0.5, 0.6) is 0 Å². The van der Waals surface area contributed by atoms with Crippen LogP contribution in [0.25, 0.3) is 11.1 Å². The van der Waals surface area contributed by atoms with Crippen molar-refractivity contribution in [1.82, 2.24) is 0 Å². The number of allylic oxidation sites excluding steroid dienone is 15. The van der Waals surface area contributed by atoms with E-state index in [9.17, 15) is 0 Å². The summed E-state index contributed by atoms with van der Waals surface area (Å²) < 4.78 is 0. The van der Waals surface area contributed by atoms with Gasteiger partial charge in [0.2, 0.25) is 0 Å². The Morgan fingerprint density at radius 1 is 0.900 bits per heavy atom. The lowest BCUT2D eigenvalue weighted by atomic mass is 9.85. The van der Waals surface area contributed by atoms with Crippen LogP contribution in [0.2, 0.25) is 0 Å². The highest BCUT2D eigenvalue weighted by Crippen LogP contribution is 2.38. The van der Waals surface area contributed by atoms with Crippen molar-refractivity contribution in [3.63, 3.8) is 0 Å². The zero-order chi connectivity index (χ0) is 36.0. The van der Waals surface area contributed by atoms with Crippen molar-refractivity contribution in [2.75, 3.05) is 11.9 Å². The van der Waals surface area contributed by atoms with E-state index in [0.29, 0.717) is 6.54 Å². The fraction of sp³-hybridized carbons (Fsp3) is 0.213. The lowest BCUT2D eigenvalue weighted by Gasteiger charge is -2.30. The molecule has 0 saturated carbocycles. The molecule has 2 atom stereocenters. The molecule has 0 saturated heterocycles. The zero-order valence-electron chi connectivity index (χ0n) is 30.7. The van der Waals surface area contributed by atoms with Crippen LogP contribution in [0, 0.1) is 12.8 Å². The van der Waals surface area contributed by atoms with Crippen molar-refractivity contribution >= 4 is 23.0 Å². The molecule has 3 aromatic carbocycles. The average Bonchev–Trinajstić information content (AvgIpc) is 3.63. The summed E-state index contributed by atoms with van der Waals surface area (Å²) in [6, 6.07) is 28.0. The van der Waals surface area contributed by atoms with Gasteiger partial charge in [0, 0.05) is 30.7 Å². The molecule has 0 bridgehead atoms. The number of nitrogens with two attached hydrogens (primary N) is 1. The van der Waals surface area contributed by atoms with Gasteiger partial charge in [-0.2, -0.15) is 0 Å². The standard InChI is InChI=1S/C47H53N3/c1-9-10-18-34(2)45(38(6)43-28-29-44(31-43)39(7)50(8)47-23-15-14-19-35(47)3)32-46(42-21-12-11-13-22-42)37(5)41-26-24-40(25-27-41)33-49-30-17-16-20-36(4)48/h9-30,32,34,39H,1,5,31,33,48H2,2-4,6-8H3/b17-16-,18-10-,36-20+,45-38-,46-32+,49-30?. The van der Waals surface area contributed by atoms with Crippen molar-refractivity contribution in [2.24, 2.45) is 16.6 Å². The van der Waals surface area contributed by atoms with E-state index in [2.05, 4.69) is 161 Å². The summed E-state index contributed by atoms with van der Waals surface area (Å²) in [5, 5.41) is 0. The first-order valence-electron chi connectivity index (χ1n) is 17.4. The van der Waals surface area contributed by atoms with Gasteiger partial charge in [-0.1, -0.05) is 129 Å². The molecule has 0 aromatic heterocycles.